The Morgan fingerprint density at radius 3 is 1.88 bits per heavy atom. The highest BCUT2D eigenvalue weighted by atomic mass is 35.8. The van der Waals surface area contributed by atoms with Gasteiger partial charge in [-0.2, -0.15) is 0 Å². The van der Waals surface area contributed by atoms with E-state index in [-0.39, 0.29) is 0 Å². The van der Waals surface area contributed by atoms with Crippen LogP contribution in [-0.4, -0.2) is 11.9 Å². The van der Waals surface area contributed by atoms with Crippen LogP contribution in [0.3, 0.4) is 0 Å². The summed E-state index contributed by atoms with van der Waals surface area (Å²) >= 11 is 21.6. The molecule has 0 saturated heterocycles. The molecule has 0 radical (unpaired) electrons. The SMILES string of the molecule is ClCC=C[Si](Cl)(Cl)Cl. The maximum atomic E-state index is 5.44. The Bertz CT molecular complexity index is 83.8. The lowest BCUT2D eigenvalue weighted by Gasteiger charge is -1.95. The molecule has 0 N–H and O–H groups in total. The van der Waals surface area contributed by atoms with Gasteiger partial charge < -0.3 is 0 Å². The minimum Gasteiger partial charge on any atom is -0.122 e. The lowest BCUT2D eigenvalue weighted by molar-refractivity contribution is 1.78. The van der Waals surface area contributed by atoms with Crippen LogP contribution in [0, 0.1) is 0 Å². The first-order chi connectivity index (χ1) is 3.56. The summed E-state index contributed by atoms with van der Waals surface area (Å²) < 4.78 is 0. The molecule has 0 aliphatic heterocycles. The summed E-state index contributed by atoms with van der Waals surface area (Å²) in [5.74, 6) is 0.404. The minimum atomic E-state index is -2.53. The number of rotatable bonds is 2. The number of hydrogen-bond donors (Lipinski definition) is 0. The smallest absolute Gasteiger partial charge is 0.122 e. The van der Waals surface area contributed by atoms with Crippen molar-refractivity contribution in [3.63, 3.8) is 0 Å². The largest absolute Gasteiger partial charge is 0.365 e. The third-order valence-electron chi connectivity index (χ3n) is 0.396. The first-order valence-electron chi connectivity index (χ1n) is 1.86. The quantitative estimate of drug-likeness (QED) is 0.373. The van der Waals surface area contributed by atoms with Crippen LogP contribution in [0.15, 0.2) is 11.8 Å². The Balaban J connectivity index is 3.52. The third kappa shape index (κ3) is 7.12. The summed E-state index contributed by atoms with van der Waals surface area (Å²) in [4.78, 5) is 0. The Hall–Kier alpha value is 1.12. The molecule has 0 aliphatic rings. The van der Waals surface area contributed by atoms with E-state index in [4.69, 9.17) is 44.8 Å². The fourth-order valence-electron chi connectivity index (χ4n) is 0.178. The molecular weight excluding hydrogens is 206 g/mol. The van der Waals surface area contributed by atoms with E-state index < -0.39 is 6.00 Å². The summed E-state index contributed by atoms with van der Waals surface area (Å²) in [7, 11) is 0. The Kier molecular flexibility index (Phi) is 4.58. The number of alkyl halides is 1. The van der Waals surface area contributed by atoms with Crippen molar-refractivity contribution >= 4 is 50.8 Å². The summed E-state index contributed by atoms with van der Waals surface area (Å²) in [6.45, 7) is 0. The van der Waals surface area contributed by atoms with Crippen LogP contribution in [0.2, 0.25) is 0 Å². The van der Waals surface area contributed by atoms with Gasteiger partial charge >= 0.3 is 6.00 Å². The maximum Gasteiger partial charge on any atom is 0.365 e. The van der Waals surface area contributed by atoms with E-state index in [2.05, 4.69) is 0 Å². The Morgan fingerprint density at radius 1 is 1.25 bits per heavy atom. The molecule has 0 atom stereocenters. The summed E-state index contributed by atoms with van der Waals surface area (Å²) in [5.41, 5.74) is 1.55. The van der Waals surface area contributed by atoms with E-state index in [1.54, 1.807) is 11.8 Å². The normalized spacial score (nSPS) is 13.0. The van der Waals surface area contributed by atoms with Gasteiger partial charge in [-0.05, 0) is 0 Å². The molecule has 0 aromatic heterocycles. The van der Waals surface area contributed by atoms with Gasteiger partial charge in [0.1, 0.15) is 0 Å². The summed E-state index contributed by atoms with van der Waals surface area (Å²) in [6, 6.07) is -2.53. The van der Waals surface area contributed by atoms with Crippen molar-refractivity contribution in [2.45, 2.75) is 0 Å². The number of hydrogen-bond acceptors (Lipinski definition) is 0. The second-order valence-corrected chi connectivity index (χ2v) is 9.93. The molecular formula is C3H4Cl4Si. The first-order valence-corrected chi connectivity index (χ1v) is 7.51. The second kappa shape index (κ2) is 4.02. The van der Waals surface area contributed by atoms with E-state index in [0.29, 0.717) is 5.88 Å². The molecule has 0 fully saturated rings. The molecule has 0 aromatic rings. The van der Waals surface area contributed by atoms with Gasteiger partial charge in [-0.25, -0.2) is 0 Å². The highest BCUT2D eigenvalue weighted by Crippen LogP contribution is 2.20. The molecule has 0 unspecified atom stereocenters. The summed E-state index contributed by atoms with van der Waals surface area (Å²) in [5, 5.41) is 0. The van der Waals surface area contributed by atoms with Crippen molar-refractivity contribution in [2.24, 2.45) is 0 Å². The predicted octanol–water partition coefficient (Wildman–Crippen LogP) is 2.98. The van der Waals surface area contributed by atoms with Crippen molar-refractivity contribution in [3.8, 4) is 0 Å². The predicted molar refractivity (Wildman–Crippen MR) is 43.2 cm³/mol. The van der Waals surface area contributed by atoms with Crippen LogP contribution in [0.5, 0.6) is 0 Å². The average molecular weight is 210 g/mol. The molecule has 0 aliphatic carbocycles. The van der Waals surface area contributed by atoms with Crippen LogP contribution in [-0.2, 0) is 0 Å². The molecule has 0 heterocycles. The molecule has 0 rings (SSSR count). The summed E-state index contributed by atoms with van der Waals surface area (Å²) in [6.07, 6.45) is 1.64. The van der Waals surface area contributed by atoms with Crippen LogP contribution in [0.1, 0.15) is 0 Å². The molecule has 0 bridgehead atoms. The van der Waals surface area contributed by atoms with Crippen molar-refractivity contribution in [2.75, 3.05) is 5.88 Å². The van der Waals surface area contributed by atoms with Gasteiger partial charge in [-0.15, -0.1) is 44.8 Å². The van der Waals surface area contributed by atoms with Crippen LogP contribution in [0.4, 0.5) is 0 Å². The third-order valence-corrected chi connectivity index (χ3v) is 2.32. The van der Waals surface area contributed by atoms with Crippen molar-refractivity contribution in [3.05, 3.63) is 11.8 Å². The van der Waals surface area contributed by atoms with Crippen molar-refractivity contribution in [1.29, 1.82) is 0 Å². The van der Waals surface area contributed by atoms with Gasteiger partial charge in [0.2, 0.25) is 0 Å². The fourth-order valence-corrected chi connectivity index (χ4v) is 1.60. The minimum absolute atomic E-state index is 0.404. The van der Waals surface area contributed by atoms with Crippen molar-refractivity contribution in [1.82, 2.24) is 0 Å². The topological polar surface area (TPSA) is 0 Å². The molecule has 0 aromatic carbocycles. The first kappa shape index (κ1) is 9.12. The van der Waals surface area contributed by atoms with Crippen LogP contribution in [0.25, 0.3) is 0 Å². The zero-order valence-corrected chi connectivity index (χ0v) is 7.90. The number of allylic oxidation sites excluding steroid dienone is 1. The molecule has 48 valence electrons. The standard InChI is InChI=1S/C3H4Cl4Si/c4-2-1-3-8(5,6)7/h1,3H,2H2. The molecule has 0 spiro atoms. The van der Waals surface area contributed by atoms with Crippen LogP contribution < -0.4 is 0 Å². The molecule has 5 heteroatoms. The van der Waals surface area contributed by atoms with E-state index in [1.165, 1.54) is 0 Å². The lowest BCUT2D eigenvalue weighted by atomic mass is 10.8. The average Bonchev–Trinajstić information content (AvgIpc) is 1.59. The van der Waals surface area contributed by atoms with E-state index in [1.807, 2.05) is 0 Å². The second-order valence-electron chi connectivity index (χ2n) is 1.10. The van der Waals surface area contributed by atoms with Gasteiger partial charge in [0, 0.05) is 5.88 Å². The Labute approximate surface area is 68.5 Å². The van der Waals surface area contributed by atoms with Crippen LogP contribution >= 0.6 is 44.8 Å². The lowest BCUT2D eigenvalue weighted by Crippen LogP contribution is -2.03. The highest BCUT2D eigenvalue weighted by Gasteiger charge is 2.19. The van der Waals surface area contributed by atoms with E-state index in [0.717, 1.165) is 0 Å². The Morgan fingerprint density at radius 2 is 1.75 bits per heavy atom. The van der Waals surface area contributed by atoms with Crippen molar-refractivity contribution < 1.29 is 0 Å². The zero-order chi connectivity index (χ0) is 6.62. The highest BCUT2D eigenvalue weighted by molar-refractivity contribution is 7.66. The van der Waals surface area contributed by atoms with Gasteiger partial charge in [0.05, 0.1) is 0 Å². The monoisotopic (exact) mass is 208 g/mol. The zero-order valence-electron chi connectivity index (χ0n) is 3.87. The number of halogens is 4. The molecule has 0 saturated carbocycles. The molecule has 0 nitrogen and oxygen atoms in total. The van der Waals surface area contributed by atoms with E-state index >= 15 is 0 Å². The van der Waals surface area contributed by atoms with Gasteiger partial charge in [0.25, 0.3) is 0 Å². The fraction of sp³-hybridized carbons (Fsp3) is 0.333. The molecule has 8 heavy (non-hydrogen) atoms. The van der Waals surface area contributed by atoms with Gasteiger partial charge in [-0.3, -0.25) is 0 Å². The maximum absolute atomic E-state index is 5.44. The molecule has 0 amide bonds. The van der Waals surface area contributed by atoms with Gasteiger partial charge in [-0.1, -0.05) is 11.8 Å². The van der Waals surface area contributed by atoms with Gasteiger partial charge in [0.15, 0.2) is 0 Å². The van der Waals surface area contributed by atoms with E-state index in [9.17, 15) is 0 Å².